The van der Waals surface area contributed by atoms with Gasteiger partial charge in [0.05, 0.1) is 11.3 Å². The number of benzene rings is 1. The van der Waals surface area contributed by atoms with Gasteiger partial charge < -0.3 is 16.4 Å². The molecule has 1 aromatic rings. The summed E-state index contributed by atoms with van der Waals surface area (Å²) in [5.41, 5.74) is 6.29. The Balaban J connectivity index is 2.80. The van der Waals surface area contributed by atoms with E-state index in [1.165, 1.54) is 0 Å². The predicted molar refractivity (Wildman–Crippen MR) is 85.2 cm³/mol. The molecule has 0 radical (unpaired) electrons. The van der Waals surface area contributed by atoms with Gasteiger partial charge in [0.2, 0.25) is 5.91 Å². The zero-order chi connectivity index (χ0) is 16.0. The second kappa shape index (κ2) is 7.22. The van der Waals surface area contributed by atoms with Crippen LogP contribution in [0.4, 0.5) is 5.69 Å². The summed E-state index contributed by atoms with van der Waals surface area (Å²) in [6.07, 6.45) is 0.953. The average molecular weight is 291 g/mol. The van der Waals surface area contributed by atoms with E-state index in [0.29, 0.717) is 24.1 Å². The van der Waals surface area contributed by atoms with E-state index in [4.69, 9.17) is 5.73 Å². The number of anilines is 1. The average Bonchev–Trinajstić information content (AvgIpc) is 2.35. The van der Waals surface area contributed by atoms with Crippen molar-refractivity contribution < 1.29 is 9.59 Å². The molecule has 1 rings (SSSR count). The number of rotatable bonds is 5. The molecule has 0 aromatic heterocycles. The zero-order valence-electron chi connectivity index (χ0n) is 13.2. The molecule has 0 heterocycles. The first-order valence-corrected chi connectivity index (χ1v) is 7.16. The van der Waals surface area contributed by atoms with Crippen LogP contribution in [-0.2, 0) is 4.79 Å². The molecule has 0 saturated heterocycles. The smallest absolute Gasteiger partial charge is 0.253 e. The van der Waals surface area contributed by atoms with Crippen molar-refractivity contribution in [3.8, 4) is 0 Å². The monoisotopic (exact) mass is 291 g/mol. The lowest BCUT2D eigenvalue weighted by atomic mass is 10.1. The largest absolute Gasteiger partial charge is 0.347 e. The van der Waals surface area contributed by atoms with E-state index in [9.17, 15) is 9.59 Å². The molecule has 116 valence electrons. The van der Waals surface area contributed by atoms with Crippen LogP contribution in [0.2, 0.25) is 0 Å². The van der Waals surface area contributed by atoms with E-state index >= 15 is 0 Å². The fraction of sp³-hybridized carbons (Fsp3) is 0.500. The van der Waals surface area contributed by atoms with Gasteiger partial charge in [-0.15, -0.1) is 0 Å². The van der Waals surface area contributed by atoms with Crippen LogP contribution in [0, 0.1) is 0 Å². The number of nitrogens with two attached hydrogens (primary N) is 1. The maximum Gasteiger partial charge on any atom is 0.253 e. The van der Waals surface area contributed by atoms with Crippen molar-refractivity contribution in [2.75, 3.05) is 5.32 Å². The third-order valence-electron chi connectivity index (χ3n) is 2.76. The van der Waals surface area contributed by atoms with Gasteiger partial charge in [-0.3, -0.25) is 9.59 Å². The topological polar surface area (TPSA) is 84.2 Å². The number of para-hydroxylation sites is 1. The van der Waals surface area contributed by atoms with Crippen molar-refractivity contribution in [3.05, 3.63) is 29.8 Å². The minimum Gasteiger partial charge on any atom is -0.347 e. The van der Waals surface area contributed by atoms with Crippen LogP contribution in [0.25, 0.3) is 0 Å². The quantitative estimate of drug-likeness (QED) is 0.778. The molecule has 1 unspecified atom stereocenters. The molecule has 0 aliphatic rings. The summed E-state index contributed by atoms with van der Waals surface area (Å²) < 4.78 is 0. The number of hydrogen-bond acceptors (Lipinski definition) is 3. The highest BCUT2D eigenvalue weighted by atomic mass is 16.2. The molecule has 1 aromatic carbocycles. The Hall–Kier alpha value is -1.88. The molecule has 4 N–H and O–H groups in total. The van der Waals surface area contributed by atoms with Crippen molar-refractivity contribution in [2.24, 2.45) is 5.73 Å². The number of amides is 2. The lowest BCUT2D eigenvalue weighted by molar-refractivity contribution is -0.116. The Morgan fingerprint density at radius 2 is 1.86 bits per heavy atom. The third kappa shape index (κ3) is 6.40. The first kappa shape index (κ1) is 17.2. The standard InChI is InChI=1S/C16H25N3O2/c1-11(17)9-10-14(20)18-13-8-6-5-7-12(13)15(21)19-16(2,3)4/h5-8,11H,9-10,17H2,1-4H3,(H,18,20)(H,19,21). The van der Waals surface area contributed by atoms with Gasteiger partial charge in [0.25, 0.3) is 5.91 Å². The second-order valence-corrected chi connectivity index (χ2v) is 6.31. The lowest BCUT2D eigenvalue weighted by Gasteiger charge is -2.21. The highest BCUT2D eigenvalue weighted by Crippen LogP contribution is 2.16. The molecule has 0 aliphatic heterocycles. The maximum absolute atomic E-state index is 12.2. The summed E-state index contributed by atoms with van der Waals surface area (Å²) in [7, 11) is 0. The molecule has 0 spiro atoms. The van der Waals surface area contributed by atoms with Gasteiger partial charge in [-0.2, -0.15) is 0 Å². The SMILES string of the molecule is CC(N)CCC(=O)Nc1ccccc1C(=O)NC(C)(C)C. The molecule has 0 bridgehead atoms. The normalized spacial score (nSPS) is 12.6. The van der Waals surface area contributed by atoms with E-state index in [2.05, 4.69) is 10.6 Å². The van der Waals surface area contributed by atoms with E-state index in [-0.39, 0.29) is 23.4 Å². The van der Waals surface area contributed by atoms with Gasteiger partial charge in [-0.05, 0) is 46.2 Å². The minimum atomic E-state index is -0.330. The van der Waals surface area contributed by atoms with Crippen LogP contribution in [0.5, 0.6) is 0 Å². The minimum absolute atomic E-state index is 0.0183. The van der Waals surface area contributed by atoms with Gasteiger partial charge in [-0.1, -0.05) is 12.1 Å². The van der Waals surface area contributed by atoms with Crippen molar-refractivity contribution in [2.45, 2.75) is 52.1 Å². The maximum atomic E-state index is 12.2. The molecular weight excluding hydrogens is 266 g/mol. The fourth-order valence-corrected chi connectivity index (χ4v) is 1.77. The lowest BCUT2D eigenvalue weighted by Crippen LogP contribution is -2.40. The summed E-state index contributed by atoms with van der Waals surface area (Å²) in [6, 6.07) is 6.96. The Kier molecular flexibility index (Phi) is 5.90. The van der Waals surface area contributed by atoms with Crippen molar-refractivity contribution in [1.29, 1.82) is 0 Å². The molecule has 2 amide bonds. The van der Waals surface area contributed by atoms with Crippen molar-refractivity contribution >= 4 is 17.5 Å². The van der Waals surface area contributed by atoms with Gasteiger partial charge in [-0.25, -0.2) is 0 Å². The van der Waals surface area contributed by atoms with Crippen molar-refractivity contribution in [1.82, 2.24) is 5.32 Å². The van der Waals surface area contributed by atoms with Crippen LogP contribution in [0.1, 0.15) is 50.9 Å². The van der Waals surface area contributed by atoms with Crippen LogP contribution in [-0.4, -0.2) is 23.4 Å². The Labute approximate surface area is 126 Å². The van der Waals surface area contributed by atoms with E-state index in [1.807, 2.05) is 27.7 Å². The number of carbonyl (C=O) groups is 2. The van der Waals surface area contributed by atoms with E-state index in [0.717, 1.165) is 0 Å². The highest BCUT2D eigenvalue weighted by molar-refractivity contribution is 6.03. The fourth-order valence-electron chi connectivity index (χ4n) is 1.77. The van der Waals surface area contributed by atoms with Crippen LogP contribution in [0.15, 0.2) is 24.3 Å². The first-order chi connectivity index (χ1) is 9.69. The molecule has 5 nitrogen and oxygen atoms in total. The van der Waals surface area contributed by atoms with Crippen LogP contribution in [0.3, 0.4) is 0 Å². The summed E-state index contributed by atoms with van der Waals surface area (Å²) in [5, 5.41) is 5.67. The Bertz CT molecular complexity index is 504. The third-order valence-corrected chi connectivity index (χ3v) is 2.76. The molecule has 0 fully saturated rings. The highest BCUT2D eigenvalue weighted by Gasteiger charge is 2.18. The summed E-state index contributed by atoms with van der Waals surface area (Å²) in [4.78, 5) is 24.1. The number of carbonyl (C=O) groups excluding carboxylic acids is 2. The molecule has 5 heteroatoms. The molecular formula is C16H25N3O2. The van der Waals surface area contributed by atoms with Gasteiger partial charge in [0.1, 0.15) is 0 Å². The molecule has 0 aliphatic carbocycles. The van der Waals surface area contributed by atoms with Crippen molar-refractivity contribution in [3.63, 3.8) is 0 Å². The second-order valence-electron chi connectivity index (χ2n) is 6.31. The van der Waals surface area contributed by atoms with E-state index in [1.54, 1.807) is 24.3 Å². The molecule has 21 heavy (non-hydrogen) atoms. The van der Waals surface area contributed by atoms with E-state index < -0.39 is 0 Å². The van der Waals surface area contributed by atoms with Gasteiger partial charge in [0.15, 0.2) is 0 Å². The summed E-state index contributed by atoms with van der Waals surface area (Å²) in [6.45, 7) is 7.59. The Morgan fingerprint density at radius 3 is 2.43 bits per heavy atom. The number of hydrogen-bond donors (Lipinski definition) is 3. The van der Waals surface area contributed by atoms with Gasteiger partial charge >= 0.3 is 0 Å². The molecule has 1 atom stereocenters. The van der Waals surface area contributed by atoms with Gasteiger partial charge in [0, 0.05) is 18.0 Å². The van der Waals surface area contributed by atoms with Crippen LogP contribution < -0.4 is 16.4 Å². The Morgan fingerprint density at radius 1 is 1.24 bits per heavy atom. The number of nitrogens with one attached hydrogen (secondary N) is 2. The summed E-state index contributed by atoms with van der Waals surface area (Å²) in [5.74, 6) is -0.339. The zero-order valence-corrected chi connectivity index (χ0v) is 13.2. The summed E-state index contributed by atoms with van der Waals surface area (Å²) >= 11 is 0. The molecule has 0 saturated carbocycles. The van der Waals surface area contributed by atoms with Crippen LogP contribution >= 0.6 is 0 Å². The first-order valence-electron chi connectivity index (χ1n) is 7.16. The predicted octanol–water partition coefficient (Wildman–Crippen LogP) is 2.28.